The minimum atomic E-state index is -0.642. The van der Waals surface area contributed by atoms with E-state index < -0.39 is 11.4 Å². The Balaban J connectivity index is 1.95. The fraction of sp³-hybridized carbons (Fsp3) is 0.909. The molecule has 0 radical (unpaired) electrons. The first-order chi connectivity index (χ1) is 7.01. The highest BCUT2D eigenvalue weighted by molar-refractivity contribution is 5.74. The second-order valence-electron chi connectivity index (χ2n) is 5.29. The number of rotatable bonds is 2. The number of carboxylic acid groups (broad SMARTS) is 1. The molecule has 0 aromatic rings. The standard InChI is InChI=1S/C11H20N2O2/c1-11(10(14)15)4-6-13(8-11)9-3-5-12(2)7-9/h9H,3-8H2,1-2H3,(H,14,15). The summed E-state index contributed by atoms with van der Waals surface area (Å²) in [5.74, 6) is -0.642. The summed E-state index contributed by atoms with van der Waals surface area (Å²) < 4.78 is 0. The molecule has 2 aliphatic heterocycles. The molecule has 86 valence electrons. The van der Waals surface area contributed by atoms with Crippen molar-refractivity contribution in [1.29, 1.82) is 0 Å². The predicted octanol–water partition coefficient (Wildman–Crippen LogP) is 0.487. The zero-order chi connectivity index (χ0) is 11.1. The first-order valence-electron chi connectivity index (χ1n) is 5.67. The van der Waals surface area contributed by atoms with E-state index in [9.17, 15) is 4.79 Å². The summed E-state index contributed by atoms with van der Waals surface area (Å²) in [6, 6.07) is 0.580. The van der Waals surface area contributed by atoms with E-state index in [4.69, 9.17) is 5.11 Å². The topological polar surface area (TPSA) is 43.8 Å². The van der Waals surface area contributed by atoms with Crippen molar-refractivity contribution in [3.63, 3.8) is 0 Å². The third-order valence-electron chi connectivity index (χ3n) is 3.90. The number of aliphatic carboxylic acids is 1. The monoisotopic (exact) mass is 212 g/mol. The average molecular weight is 212 g/mol. The lowest BCUT2D eigenvalue weighted by atomic mass is 9.90. The highest BCUT2D eigenvalue weighted by Crippen LogP contribution is 2.32. The fourth-order valence-electron chi connectivity index (χ4n) is 2.69. The van der Waals surface area contributed by atoms with Crippen LogP contribution >= 0.6 is 0 Å². The Hall–Kier alpha value is -0.610. The van der Waals surface area contributed by atoms with Crippen molar-refractivity contribution in [3.8, 4) is 0 Å². The maximum Gasteiger partial charge on any atom is 0.310 e. The van der Waals surface area contributed by atoms with Crippen molar-refractivity contribution in [1.82, 2.24) is 9.80 Å². The van der Waals surface area contributed by atoms with Crippen LogP contribution in [-0.4, -0.2) is 60.1 Å². The number of likely N-dealkylation sites (N-methyl/N-ethyl adjacent to an activating group) is 1. The molecule has 0 spiro atoms. The predicted molar refractivity (Wildman–Crippen MR) is 57.8 cm³/mol. The summed E-state index contributed by atoms with van der Waals surface area (Å²) in [6.07, 6.45) is 1.98. The van der Waals surface area contributed by atoms with E-state index in [-0.39, 0.29) is 0 Å². The summed E-state index contributed by atoms with van der Waals surface area (Å²) in [4.78, 5) is 15.8. The molecule has 4 heteroatoms. The lowest BCUT2D eigenvalue weighted by molar-refractivity contribution is -0.147. The van der Waals surface area contributed by atoms with E-state index >= 15 is 0 Å². The molecule has 0 aliphatic carbocycles. The maximum absolute atomic E-state index is 11.1. The number of hydrogen-bond acceptors (Lipinski definition) is 3. The van der Waals surface area contributed by atoms with Crippen LogP contribution in [0.1, 0.15) is 19.8 Å². The Kier molecular flexibility index (Phi) is 2.73. The van der Waals surface area contributed by atoms with E-state index in [1.54, 1.807) is 0 Å². The average Bonchev–Trinajstić information content (AvgIpc) is 2.73. The van der Waals surface area contributed by atoms with Gasteiger partial charge in [-0.05, 0) is 39.9 Å². The Morgan fingerprint density at radius 2 is 2.20 bits per heavy atom. The van der Waals surface area contributed by atoms with Crippen LogP contribution in [0.15, 0.2) is 0 Å². The molecule has 2 atom stereocenters. The molecule has 0 bridgehead atoms. The van der Waals surface area contributed by atoms with Crippen molar-refractivity contribution in [3.05, 3.63) is 0 Å². The van der Waals surface area contributed by atoms with Crippen molar-refractivity contribution in [2.75, 3.05) is 33.2 Å². The Labute approximate surface area is 90.9 Å². The van der Waals surface area contributed by atoms with E-state index in [0.717, 1.165) is 32.6 Å². The largest absolute Gasteiger partial charge is 0.481 e. The zero-order valence-electron chi connectivity index (χ0n) is 9.57. The molecule has 2 fully saturated rings. The summed E-state index contributed by atoms with van der Waals surface area (Å²) >= 11 is 0. The van der Waals surface area contributed by atoms with Crippen molar-refractivity contribution in [2.45, 2.75) is 25.8 Å². The van der Waals surface area contributed by atoms with E-state index in [1.807, 2.05) is 6.92 Å². The first kappa shape index (κ1) is 10.9. The van der Waals surface area contributed by atoms with Crippen molar-refractivity contribution >= 4 is 5.97 Å². The summed E-state index contributed by atoms with van der Waals surface area (Å²) in [6.45, 7) is 5.77. The van der Waals surface area contributed by atoms with Gasteiger partial charge < -0.3 is 10.0 Å². The molecule has 2 aliphatic rings. The van der Waals surface area contributed by atoms with Gasteiger partial charge in [-0.25, -0.2) is 0 Å². The zero-order valence-corrected chi connectivity index (χ0v) is 9.57. The molecular formula is C11H20N2O2. The first-order valence-corrected chi connectivity index (χ1v) is 5.67. The maximum atomic E-state index is 11.1. The molecule has 0 aromatic heterocycles. The van der Waals surface area contributed by atoms with Gasteiger partial charge in [0, 0.05) is 19.1 Å². The lowest BCUT2D eigenvalue weighted by Crippen LogP contribution is -2.38. The molecule has 0 saturated carbocycles. The number of carbonyl (C=O) groups is 1. The Morgan fingerprint density at radius 3 is 2.67 bits per heavy atom. The summed E-state index contributed by atoms with van der Waals surface area (Å²) in [5.41, 5.74) is -0.513. The van der Waals surface area contributed by atoms with Gasteiger partial charge >= 0.3 is 5.97 Å². The van der Waals surface area contributed by atoms with Crippen LogP contribution in [0.2, 0.25) is 0 Å². The van der Waals surface area contributed by atoms with Gasteiger partial charge in [-0.15, -0.1) is 0 Å². The molecule has 2 heterocycles. The Morgan fingerprint density at radius 1 is 1.47 bits per heavy atom. The molecule has 1 N–H and O–H groups in total. The van der Waals surface area contributed by atoms with E-state index in [2.05, 4.69) is 16.8 Å². The minimum Gasteiger partial charge on any atom is -0.481 e. The van der Waals surface area contributed by atoms with Crippen molar-refractivity contribution in [2.24, 2.45) is 5.41 Å². The SMILES string of the molecule is CN1CCC(N2CCC(C)(C(=O)O)C2)C1. The second-order valence-corrected chi connectivity index (χ2v) is 5.29. The fourth-order valence-corrected chi connectivity index (χ4v) is 2.69. The third-order valence-corrected chi connectivity index (χ3v) is 3.90. The molecule has 4 nitrogen and oxygen atoms in total. The number of likely N-dealkylation sites (tertiary alicyclic amines) is 2. The molecule has 15 heavy (non-hydrogen) atoms. The molecule has 2 rings (SSSR count). The van der Waals surface area contributed by atoms with Crippen LogP contribution in [0.25, 0.3) is 0 Å². The van der Waals surface area contributed by atoms with Gasteiger partial charge in [0.15, 0.2) is 0 Å². The molecule has 0 amide bonds. The minimum absolute atomic E-state index is 0.513. The molecule has 2 saturated heterocycles. The van der Waals surface area contributed by atoms with E-state index in [1.165, 1.54) is 6.42 Å². The van der Waals surface area contributed by atoms with E-state index in [0.29, 0.717) is 6.04 Å². The number of carboxylic acids is 1. The quantitative estimate of drug-likeness (QED) is 0.723. The smallest absolute Gasteiger partial charge is 0.310 e. The van der Waals surface area contributed by atoms with Crippen LogP contribution in [0.3, 0.4) is 0 Å². The molecule has 0 aromatic carbocycles. The van der Waals surface area contributed by atoms with Crippen molar-refractivity contribution < 1.29 is 9.90 Å². The number of nitrogens with zero attached hydrogens (tertiary/aromatic N) is 2. The van der Waals surface area contributed by atoms with Gasteiger partial charge in [0.25, 0.3) is 0 Å². The molecule has 2 unspecified atom stereocenters. The van der Waals surface area contributed by atoms with Gasteiger partial charge in [0.2, 0.25) is 0 Å². The van der Waals surface area contributed by atoms with Gasteiger partial charge in [0.05, 0.1) is 5.41 Å². The van der Waals surface area contributed by atoms with Gasteiger partial charge in [-0.1, -0.05) is 0 Å². The number of hydrogen-bond donors (Lipinski definition) is 1. The third kappa shape index (κ3) is 2.01. The van der Waals surface area contributed by atoms with Crippen LogP contribution < -0.4 is 0 Å². The lowest BCUT2D eigenvalue weighted by Gasteiger charge is -2.25. The van der Waals surface area contributed by atoms with Crippen LogP contribution in [0.5, 0.6) is 0 Å². The van der Waals surface area contributed by atoms with Crippen LogP contribution in [0.4, 0.5) is 0 Å². The van der Waals surface area contributed by atoms with Gasteiger partial charge in [-0.3, -0.25) is 9.69 Å². The summed E-state index contributed by atoms with van der Waals surface area (Å²) in [7, 11) is 2.13. The highest BCUT2D eigenvalue weighted by Gasteiger charge is 2.43. The Bertz CT molecular complexity index is 269. The second kappa shape index (κ2) is 3.76. The van der Waals surface area contributed by atoms with Crippen LogP contribution in [-0.2, 0) is 4.79 Å². The van der Waals surface area contributed by atoms with Gasteiger partial charge in [-0.2, -0.15) is 0 Å². The van der Waals surface area contributed by atoms with Gasteiger partial charge in [0.1, 0.15) is 0 Å². The normalized spacial score (nSPS) is 38.7. The highest BCUT2D eigenvalue weighted by atomic mass is 16.4. The summed E-state index contributed by atoms with van der Waals surface area (Å²) in [5, 5.41) is 9.15. The molecular weight excluding hydrogens is 192 g/mol. The van der Waals surface area contributed by atoms with Crippen LogP contribution in [0, 0.1) is 5.41 Å².